The third kappa shape index (κ3) is 4.77. The molecule has 3 aliphatic rings. The van der Waals surface area contributed by atoms with Gasteiger partial charge in [0.1, 0.15) is 28.5 Å². The molecule has 1 saturated heterocycles. The van der Waals surface area contributed by atoms with Crippen molar-refractivity contribution in [2.24, 2.45) is 0 Å². The van der Waals surface area contributed by atoms with Crippen LogP contribution in [0.2, 0.25) is 0 Å². The SMILES string of the molecule is CC1(C)CS(=O)(=C2CO2)c2ccc(CC(=O)Nc3sc4c(c3C#N)CN(Cc3cccc(F)c3)C(C)(C)C4)cc21. The number of epoxide rings is 1. The van der Waals surface area contributed by atoms with Crippen molar-refractivity contribution in [3.63, 3.8) is 0 Å². The Morgan fingerprint density at radius 2 is 1.98 bits per heavy atom. The first kappa shape index (κ1) is 27.2. The van der Waals surface area contributed by atoms with Crippen LogP contribution >= 0.6 is 11.3 Å². The molecule has 1 atom stereocenters. The van der Waals surface area contributed by atoms with E-state index in [0.717, 1.165) is 38.4 Å². The van der Waals surface area contributed by atoms with Crippen LogP contribution in [0.15, 0.2) is 47.4 Å². The summed E-state index contributed by atoms with van der Waals surface area (Å²) in [4.78, 5) is 17.4. The molecule has 0 saturated carbocycles. The van der Waals surface area contributed by atoms with Gasteiger partial charge in [0.25, 0.3) is 0 Å². The average molecular weight is 578 g/mol. The number of anilines is 1. The summed E-state index contributed by atoms with van der Waals surface area (Å²) in [5.74, 6) is 0.0732. The molecule has 1 aromatic heterocycles. The van der Waals surface area contributed by atoms with Crippen molar-refractivity contribution < 1.29 is 18.1 Å². The molecule has 2 aromatic carbocycles. The fraction of sp³-hybridized carbons (Fsp3) is 0.387. The number of thiophene rings is 1. The average Bonchev–Trinajstić information content (AvgIpc) is 3.64. The fourth-order valence-corrected chi connectivity index (χ4v) is 10.6. The second-order valence-corrected chi connectivity index (χ2v) is 15.9. The number of amides is 1. The summed E-state index contributed by atoms with van der Waals surface area (Å²) >= 11 is 1.47. The third-order valence-electron chi connectivity index (χ3n) is 8.20. The minimum atomic E-state index is -2.33. The minimum Gasteiger partial charge on any atom is -0.332 e. The molecule has 0 aliphatic carbocycles. The molecular formula is C31H32FN3O3S2. The minimum absolute atomic E-state index is 0.155. The van der Waals surface area contributed by atoms with E-state index in [4.69, 9.17) is 4.74 Å². The van der Waals surface area contributed by atoms with E-state index in [1.54, 1.807) is 12.1 Å². The zero-order valence-electron chi connectivity index (χ0n) is 23.1. The van der Waals surface area contributed by atoms with E-state index in [9.17, 15) is 18.7 Å². The number of carbonyl (C=O) groups is 1. The van der Waals surface area contributed by atoms with E-state index in [1.165, 1.54) is 17.4 Å². The Hall–Kier alpha value is -3.03. The Labute approximate surface area is 238 Å². The molecule has 1 amide bonds. The molecule has 1 N–H and O–H groups in total. The van der Waals surface area contributed by atoms with Gasteiger partial charge in [-0.25, -0.2) is 4.39 Å². The third-order valence-corrected chi connectivity index (χ3v) is 12.5. The summed E-state index contributed by atoms with van der Waals surface area (Å²) in [7, 11) is -2.33. The maximum Gasteiger partial charge on any atom is 0.229 e. The molecule has 3 aliphatic heterocycles. The van der Waals surface area contributed by atoms with Crippen molar-refractivity contribution in [2.75, 3.05) is 17.7 Å². The first-order chi connectivity index (χ1) is 18.9. The number of hydrogen-bond donors (Lipinski definition) is 1. The van der Waals surface area contributed by atoms with Gasteiger partial charge in [0.05, 0.1) is 12.0 Å². The van der Waals surface area contributed by atoms with Crippen LogP contribution in [-0.4, -0.2) is 38.0 Å². The highest BCUT2D eigenvalue weighted by molar-refractivity contribution is 8.02. The van der Waals surface area contributed by atoms with Crippen molar-refractivity contribution in [1.29, 1.82) is 5.26 Å². The van der Waals surface area contributed by atoms with Crippen molar-refractivity contribution in [3.8, 4) is 6.07 Å². The molecule has 0 bridgehead atoms. The molecule has 9 heteroatoms. The number of nitriles is 1. The van der Waals surface area contributed by atoms with Gasteiger partial charge in [-0.1, -0.05) is 38.1 Å². The molecule has 6 rings (SSSR count). The largest absolute Gasteiger partial charge is 0.332 e. The van der Waals surface area contributed by atoms with Crippen LogP contribution < -0.4 is 5.32 Å². The molecule has 4 heterocycles. The summed E-state index contributed by atoms with van der Waals surface area (Å²) in [5, 5.41) is 14.3. The lowest BCUT2D eigenvalue weighted by Gasteiger charge is -2.42. The topological polar surface area (TPSA) is 85.7 Å². The van der Waals surface area contributed by atoms with E-state index in [0.29, 0.717) is 41.1 Å². The first-order valence-electron chi connectivity index (χ1n) is 13.4. The zero-order valence-corrected chi connectivity index (χ0v) is 24.7. The summed E-state index contributed by atoms with van der Waals surface area (Å²) in [5.41, 5.74) is 3.71. The molecule has 6 nitrogen and oxygen atoms in total. The van der Waals surface area contributed by atoms with Gasteiger partial charge in [0.15, 0.2) is 0 Å². The van der Waals surface area contributed by atoms with Crippen LogP contribution in [0.3, 0.4) is 0 Å². The lowest BCUT2D eigenvalue weighted by atomic mass is 9.86. The van der Waals surface area contributed by atoms with Crippen LogP contribution in [0, 0.1) is 17.1 Å². The number of benzene rings is 2. The second-order valence-electron chi connectivity index (χ2n) is 12.2. The summed E-state index contributed by atoms with van der Waals surface area (Å²) in [6, 6.07) is 14.7. The first-order valence-corrected chi connectivity index (χ1v) is 15.9. The molecule has 0 spiro atoms. The number of nitrogens with one attached hydrogen (secondary N) is 1. The maximum atomic E-state index is 13.8. The van der Waals surface area contributed by atoms with Crippen LogP contribution in [0.25, 0.3) is 0 Å². The molecule has 3 aromatic rings. The molecule has 1 fully saturated rings. The lowest BCUT2D eigenvalue weighted by Crippen LogP contribution is -2.47. The number of fused-ring (bicyclic) bond motifs is 2. The van der Waals surface area contributed by atoms with Crippen LogP contribution in [0.4, 0.5) is 9.39 Å². The molecular weight excluding hydrogens is 545 g/mol. The predicted octanol–water partition coefficient (Wildman–Crippen LogP) is 5.37. The Balaban J connectivity index is 1.22. The van der Waals surface area contributed by atoms with E-state index >= 15 is 0 Å². The van der Waals surface area contributed by atoms with E-state index in [1.807, 2.05) is 24.3 Å². The summed E-state index contributed by atoms with van der Waals surface area (Å²) < 4.78 is 32.8. The number of rotatable bonds is 5. The highest BCUT2D eigenvalue weighted by atomic mass is 32.2. The molecule has 0 radical (unpaired) electrons. The highest BCUT2D eigenvalue weighted by Crippen LogP contribution is 2.43. The van der Waals surface area contributed by atoms with Crippen LogP contribution in [0.5, 0.6) is 0 Å². The number of hydrogen-bond acceptors (Lipinski definition) is 6. The number of nitrogens with zero attached hydrogens (tertiary/aromatic N) is 2. The fourth-order valence-electron chi connectivity index (χ4n) is 6.01. The van der Waals surface area contributed by atoms with Gasteiger partial charge in [-0.3, -0.25) is 13.9 Å². The second kappa shape index (κ2) is 9.52. The van der Waals surface area contributed by atoms with Crippen molar-refractivity contribution in [3.05, 3.63) is 81.0 Å². The Kier molecular flexibility index (Phi) is 6.46. The van der Waals surface area contributed by atoms with Crippen molar-refractivity contribution in [1.82, 2.24) is 4.90 Å². The van der Waals surface area contributed by atoms with E-state index < -0.39 is 9.52 Å². The maximum absolute atomic E-state index is 13.8. The van der Waals surface area contributed by atoms with E-state index in [-0.39, 0.29) is 29.1 Å². The summed E-state index contributed by atoms with van der Waals surface area (Å²) in [6.07, 6.45) is 0.886. The van der Waals surface area contributed by atoms with Gasteiger partial charge in [0, 0.05) is 61.1 Å². The standard InChI is InChI=1S/C31H32FN3O3S2/c1-30(2)18-40(37,28-17-38-28)26-9-8-19(11-24(26)30)12-27(36)34-29-22(14-33)23-16-35(31(3,4)13-25(23)39-29)15-20-6-5-7-21(32)10-20/h5-11H,12-13,15-18H2,1-4H3,(H,34,36). The van der Waals surface area contributed by atoms with Crippen LogP contribution in [0.1, 0.15) is 60.4 Å². The Bertz CT molecular complexity index is 1720. The monoisotopic (exact) mass is 577 g/mol. The van der Waals surface area contributed by atoms with Gasteiger partial charge in [-0.05, 0) is 48.7 Å². The van der Waals surface area contributed by atoms with Gasteiger partial charge in [-0.2, -0.15) is 5.26 Å². The Morgan fingerprint density at radius 3 is 2.67 bits per heavy atom. The van der Waals surface area contributed by atoms with Crippen LogP contribution in [-0.2, 0) is 50.4 Å². The number of carbonyl (C=O) groups excluding carboxylic acids is 1. The molecule has 1 unspecified atom stereocenters. The van der Waals surface area contributed by atoms with E-state index in [2.05, 4.69) is 44.0 Å². The predicted molar refractivity (Wildman–Crippen MR) is 157 cm³/mol. The van der Waals surface area contributed by atoms with Gasteiger partial charge < -0.3 is 10.1 Å². The van der Waals surface area contributed by atoms with Crippen molar-refractivity contribution >= 4 is 36.8 Å². The number of halogens is 1. The normalized spacial score (nSPS) is 22.4. The Morgan fingerprint density at radius 1 is 1.20 bits per heavy atom. The quantitative estimate of drug-likeness (QED) is 0.326. The van der Waals surface area contributed by atoms with Gasteiger partial charge in [-0.15, -0.1) is 11.3 Å². The molecule has 40 heavy (non-hydrogen) atoms. The number of ether oxygens (including phenoxy) is 1. The van der Waals surface area contributed by atoms with Crippen molar-refractivity contribution in [2.45, 2.75) is 69.5 Å². The van der Waals surface area contributed by atoms with Gasteiger partial charge in [0.2, 0.25) is 5.91 Å². The summed E-state index contributed by atoms with van der Waals surface area (Å²) in [6.45, 7) is 10.1. The smallest absolute Gasteiger partial charge is 0.229 e. The lowest BCUT2D eigenvalue weighted by molar-refractivity contribution is -0.115. The highest BCUT2D eigenvalue weighted by Gasteiger charge is 2.43. The molecule has 208 valence electrons. The zero-order chi connectivity index (χ0) is 28.4. The van der Waals surface area contributed by atoms with Gasteiger partial charge >= 0.3 is 0 Å².